The van der Waals surface area contributed by atoms with Gasteiger partial charge in [0.05, 0.1) is 0 Å². The number of carbonyl (C=O) groups is 2. The quantitative estimate of drug-likeness (QED) is 0.732. The Morgan fingerprint density at radius 1 is 1.03 bits per heavy atom. The van der Waals surface area contributed by atoms with Gasteiger partial charge in [0.25, 0.3) is 5.91 Å². The van der Waals surface area contributed by atoms with E-state index in [0.717, 1.165) is 17.9 Å². The number of likely N-dealkylation sites (tertiary alicyclic amines) is 1. The Morgan fingerprint density at radius 3 is 2.33 bits per heavy atom. The Morgan fingerprint density at radius 2 is 1.70 bits per heavy atom. The predicted molar refractivity (Wildman–Crippen MR) is 117 cm³/mol. The minimum Gasteiger partial charge on any atom is -0.484 e. The monoisotopic (exact) mass is 426 g/mol. The van der Waals surface area contributed by atoms with Crippen LogP contribution >= 0.6 is 11.6 Å². The van der Waals surface area contributed by atoms with Crippen molar-refractivity contribution in [1.29, 1.82) is 0 Å². The summed E-state index contributed by atoms with van der Waals surface area (Å²) >= 11 is 5.99. The Bertz CT molecular complexity index is 873. The van der Waals surface area contributed by atoms with E-state index in [1.807, 2.05) is 42.5 Å². The third kappa shape index (κ3) is 4.96. The molecule has 1 saturated heterocycles. The van der Waals surface area contributed by atoms with Crippen molar-refractivity contribution in [1.82, 2.24) is 10.2 Å². The molecule has 30 heavy (non-hydrogen) atoms. The Hall–Kier alpha value is -2.53. The minimum absolute atomic E-state index is 0.0302. The molecule has 2 fully saturated rings. The average Bonchev–Trinajstić information content (AvgIpc) is 3.58. The maximum atomic E-state index is 12.7. The van der Waals surface area contributed by atoms with Gasteiger partial charge >= 0.3 is 0 Å². The van der Waals surface area contributed by atoms with Gasteiger partial charge in [0.1, 0.15) is 5.75 Å². The standard InChI is InChI=1S/C24H27ClN2O3/c25-20-8-6-19(7-9-20)24(12-13-24)17-26-23(29)18-10-14-27(15-11-18)22(28)16-30-21-4-2-1-3-5-21/h1-9,18H,10-17H2,(H,26,29). The second kappa shape index (κ2) is 9.09. The van der Waals surface area contributed by atoms with Crippen LogP contribution in [0.5, 0.6) is 5.75 Å². The van der Waals surface area contributed by atoms with Crippen LogP contribution in [0.25, 0.3) is 0 Å². The van der Waals surface area contributed by atoms with E-state index in [4.69, 9.17) is 16.3 Å². The molecule has 6 heteroatoms. The van der Waals surface area contributed by atoms with Crippen molar-refractivity contribution in [3.8, 4) is 5.75 Å². The molecule has 0 spiro atoms. The van der Waals surface area contributed by atoms with Gasteiger partial charge in [-0.2, -0.15) is 0 Å². The van der Waals surface area contributed by atoms with Crippen LogP contribution in [0, 0.1) is 5.92 Å². The van der Waals surface area contributed by atoms with Crippen LogP contribution < -0.4 is 10.1 Å². The highest BCUT2D eigenvalue weighted by atomic mass is 35.5. The van der Waals surface area contributed by atoms with Gasteiger partial charge in [-0.15, -0.1) is 0 Å². The number of ether oxygens (including phenoxy) is 1. The van der Waals surface area contributed by atoms with E-state index in [0.29, 0.717) is 38.2 Å². The number of nitrogens with zero attached hydrogens (tertiary/aromatic N) is 1. The molecule has 0 bridgehead atoms. The highest BCUT2D eigenvalue weighted by Crippen LogP contribution is 2.47. The van der Waals surface area contributed by atoms with E-state index in [1.165, 1.54) is 5.56 Å². The van der Waals surface area contributed by atoms with Gasteiger partial charge in [0.2, 0.25) is 5.91 Å². The van der Waals surface area contributed by atoms with Crippen LogP contribution in [0.3, 0.4) is 0 Å². The molecule has 2 aromatic carbocycles. The number of hydrogen-bond donors (Lipinski definition) is 1. The fourth-order valence-electron chi connectivity index (χ4n) is 4.07. The molecule has 1 aliphatic heterocycles. The Kier molecular flexibility index (Phi) is 6.28. The molecule has 1 aliphatic carbocycles. The number of halogens is 1. The largest absolute Gasteiger partial charge is 0.484 e. The van der Waals surface area contributed by atoms with E-state index in [1.54, 1.807) is 4.90 Å². The first kappa shape index (κ1) is 20.7. The first-order valence-corrected chi connectivity index (χ1v) is 10.9. The lowest BCUT2D eigenvalue weighted by atomic mass is 9.93. The van der Waals surface area contributed by atoms with Crippen LogP contribution in [0.1, 0.15) is 31.2 Å². The van der Waals surface area contributed by atoms with E-state index in [2.05, 4.69) is 17.4 Å². The zero-order valence-electron chi connectivity index (χ0n) is 17.0. The van der Waals surface area contributed by atoms with Gasteiger partial charge in [0, 0.05) is 36.0 Å². The Balaban J connectivity index is 1.21. The van der Waals surface area contributed by atoms with E-state index in [-0.39, 0.29) is 29.8 Å². The molecule has 0 atom stereocenters. The lowest BCUT2D eigenvalue weighted by Gasteiger charge is -2.31. The zero-order valence-corrected chi connectivity index (χ0v) is 17.7. The molecule has 158 valence electrons. The molecule has 0 unspecified atom stereocenters. The molecule has 2 aromatic rings. The maximum absolute atomic E-state index is 12.7. The summed E-state index contributed by atoms with van der Waals surface area (Å²) in [6.07, 6.45) is 3.56. The van der Waals surface area contributed by atoms with Crippen molar-refractivity contribution in [2.45, 2.75) is 31.1 Å². The molecule has 1 saturated carbocycles. The number of para-hydroxylation sites is 1. The summed E-state index contributed by atoms with van der Waals surface area (Å²) in [7, 11) is 0. The topological polar surface area (TPSA) is 58.6 Å². The summed E-state index contributed by atoms with van der Waals surface area (Å²) in [5.41, 5.74) is 1.30. The smallest absolute Gasteiger partial charge is 0.260 e. The third-order valence-electron chi connectivity index (χ3n) is 6.24. The lowest BCUT2D eigenvalue weighted by molar-refractivity contribution is -0.137. The normalized spacial score (nSPS) is 18.0. The van der Waals surface area contributed by atoms with Crippen molar-refractivity contribution in [3.63, 3.8) is 0 Å². The van der Waals surface area contributed by atoms with Gasteiger partial charge in [-0.25, -0.2) is 0 Å². The molecule has 4 rings (SSSR count). The molecular formula is C24H27ClN2O3. The number of piperidine rings is 1. The molecule has 2 aliphatic rings. The summed E-state index contributed by atoms with van der Waals surface area (Å²) in [6.45, 7) is 1.89. The molecule has 5 nitrogen and oxygen atoms in total. The zero-order chi connectivity index (χ0) is 21.0. The molecule has 2 amide bonds. The van der Waals surface area contributed by atoms with Gasteiger partial charge in [-0.3, -0.25) is 9.59 Å². The van der Waals surface area contributed by atoms with Crippen LogP contribution in [0.4, 0.5) is 0 Å². The number of carbonyl (C=O) groups excluding carboxylic acids is 2. The van der Waals surface area contributed by atoms with Crippen molar-refractivity contribution in [3.05, 3.63) is 65.2 Å². The molecule has 0 aromatic heterocycles. The summed E-state index contributed by atoms with van der Waals surface area (Å²) in [5.74, 6) is 0.722. The maximum Gasteiger partial charge on any atom is 0.260 e. The highest BCUT2D eigenvalue weighted by molar-refractivity contribution is 6.30. The van der Waals surface area contributed by atoms with Crippen molar-refractivity contribution < 1.29 is 14.3 Å². The van der Waals surface area contributed by atoms with E-state index in [9.17, 15) is 9.59 Å². The second-order valence-electron chi connectivity index (χ2n) is 8.26. The SMILES string of the molecule is O=C(NCC1(c2ccc(Cl)cc2)CC1)C1CCN(C(=O)COc2ccccc2)CC1. The van der Waals surface area contributed by atoms with Crippen molar-refractivity contribution in [2.24, 2.45) is 5.92 Å². The average molecular weight is 427 g/mol. The van der Waals surface area contributed by atoms with E-state index >= 15 is 0 Å². The summed E-state index contributed by atoms with van der Waals surface area (Å²) in [5, 5.41) is 3.89. The summed E-state index contributed by atoms with van der Waals surface area (Å²) in [6, 6.07) is 17.3. The van der Waals surface area contributed by atoms with Crippen molar-refractivity contribution in [2.75, 3.05) is 26.2 Å². The first-order valence-electron chi connectivity index (χ1n) is 10.6. The van der Waals surface area contributed by atoms with E-state index < -0.39 is 0 Å². The molecule has 0 radical (unpaired) electrons. The van der Waals surface area contributed by atoms with Crippen LogP contribution in [-0.2, 0) is 15.0 Å². The summed E-state index contributed by atoms with van der Waals surface area (Å²) < 4.78 is 5.55. The van der Waals surface area contributed by atoms with Crippen LogP contribution in [0.2, 0.25) is 5.02 Å². The molecule has 1 N–H and O–H groups in total. The van der Waals surface area contributed by atoms with Crippen molar-refractivity contribution >= 4 is 23.4 Å². The third-order valence-corrected chi connectivity index (χ3v) is 6.49. The number of rotatable bonds is 7. The highest BCUT2D eigenvalue weighted by Gasteiger charge is 2.44. The van der Waals surface area contributed by atoms with Crippen LogP contribution in [0.15, 0.2) is 54.6 Å². The fourth-order valence-corrected chi connectivity index (χ4v) is 4.19. The fraction of sp³-hybridized carbons (Fsp3) is 0.417. The van der Waals surface area contributed by atoms with Gasteiger partial charge in [-0.05, 0) is 55.5 Å². The second-order valence-corrected chi connectivity index (χ2v) is 8.70. The first-order chi connectivity index (χ1) is 14.6. The van der Waals surface area contributed by atoms with Gasteiger partial charge < -0.3 is 15.0 Å². The van der Waals surface area contributed by atoms with Crippen LogP contribution in [-0.4, -0.2) is 43.0 Å². The minimum atomic E-state index is -0.0369. The number of amides is 2. The predicted octanol–water partition coefficient (Wildman–Crippen LogP) is 3.81. The number of nitrogens with one attached hydrogen (secondary N) is 1. The summed E-state index contributed by atoms with van der Waals surface area (Å²) in [4.78, 5) is 26.9. The number of benzene rings is 2. The molecular weight excluding hydrogens is 400 g/mol. The van der Waals surface area contributed by atoms with Gasteiger partial charge in [-0.1, -0.05) is 41.9 Å². The Labute approximate surface area is 182 Å². The molecule has 1 heterocycles. The number of hydrogen-bond acceptors (Lipinski definition) is 3. The lowest BCUT2D eigenvalue weighted by Crippen LogP contribution is -2.45. The van der Waals surface area contributed by atoms with Gasteiger partial charge in [0.15, 0.2) is 6.61 Å².